The molecule has 0 aromatic heterocycles. The van der Waals surface area contributed by atoms with E-state index in [1.165, 1.54) is 83.5 Å². The van der Waals surface area contributed by atoms with Gasteiger partial charge in [-0.15, -0.1) is 0 Å². The van der Waals surface area contributed by atoms with Gasteiger partial charge in [-0.05, 0) is 6.42 Å². The van der Waals surface area contributed by atoms with Crippen LogP contribution >= 0.6 is 0 Å². The first-order chi connectivity index (χ1) is 11.3. The van der Waals surface area contributed by atoms with E-state index in [0.29, 0.717) is 6.42 Å². The second-order valence-corrected chi connectivity index (χ2v) is 6.64. The molecule has 24 heavy (non-hydrogen) atoms. The number of hydrogen-bond donors (Lipinski definition) is 1. The highest BCUT2D eigenvalue weighted by Crippen LogP contribution is 2.13. The van der Waals surface area contributed by atoms with Gasteiger partial charge < -0.3 is 9.84 Å². The molecule has 0 amide bonds. The van der Waals surface area contributed by atoms with Gasteiger partial charge in [0.1, 0.15) is 6.61 Å². The van der Waals surface area contributed by atoms with Crippen LogP contribution in [0.5, 0.6) is 0 Å². The van der Waals surface area contributed by atoms with Crippen LogP contribution < -0.4 is 0 Å². The average Bonchev–Trinajstić information content (AvgIpc) is 2.56. The van der Waals surface area contributed by atoms with Gasteiger partial charge in [0.15, 0.2) is 17.4 Å². The van der Waals surface area contributed by atoms with Gasteiger partial charge in [0.2, 0.25) is 0 Å². The number of aliphatic hydroxyl groups excluding tert-OH is 1. The van der Waals surface area contributed by atoms with Crippen LogP contribution in [0.3, 0.4) is 0 Å². The Hall–Kier alpha value is -0.0375. The van der Waals surface area contributed by atoms with Crippen LogP contribution in [0.25, 0.3) is 0 Å². The van der Waals surface area contributed by atoms with Crippen LogP contribution in [0.2, 0.25) is 0 Å². The van der Waals surface area contributed by atoms with Crippen molar-refractivity contribution in [3.63, 3.8) is 0 Å². The van der Waals surface area contributed by atoms with Gasteiger partial charge in [-0.1, -0.05) is 96.8 Å². The van der Waals surface area contributed by atoms with E-state index in [-0.39, 0.29) is 36.5 Å². The van der Waals surface area contributed by atoms with Crippen molar-refractivity contribution in [2.45, 2.75) is 110 Å². The van der Waals surface area contributed by atoms with Gasteiger partial charge >= 0.3 is 5.97 Å². The third-order valence-electron chi connectivity index (χ3n) is 4.34. The first-order valence-corrected chi connectivity index (χ1v) is 10.1. The molecule has 144 valence electrons. The summed E-state index contributed by atoms with van der Waals surface area (Å²) in [7, 11) is 0. The van der Waals surface area contributed by atoms with Crippen LogP contribution in [-0.4, -0.2) is 41.7 Å². The lowest BCUT2D eigenvalue weighted by Gasteiger charge is -2.04. The zero-order valence-corrected chi connectivity index (χ0v) is 15.5. The summed E-state index contributed by atoms with van der Waals surface area (Å²) in [6.07, 6.45) is 20.4. The number of esters is 1. The second kappa shape index (κ2) is 23.0. The zero-order valence-electron chi connectivity index (χ0n) is 15.5. The van der Waals surface area contributed by atoms with Gasteiger partial charge in [-0.25, -0.2) is 0 Å². The summed E-state index contributed by atoms with van der Waals surface area (Å²) in [6, 6.07) is 0. The number of rotatable bonds is 18. The lowest BCUT2D eigenvalue weighted by Crippen LogP contribution is -2.07. The molecule has 0 saturated carbocycles. The molecule has 0 heterocycles. The fourth-order valence-corrected chi connectivity index (χ4v) is 2.87. The highest BCUT2D eigenvalue weighted by molar-refractivity contribution is 5.75. The SMILES string of the molecule is CCCCCCCCCCCCCCCCCC(=O)OCCO.[AlH3]. The van der Waals surface area contributed by atoms with E-state index in [0.717, 1.165) is 12.8 Å². The predicted molar refractivity (Wildman–Crippen MR) is 108 cm³/mol. The summed E-state index contributed by atoms with van der Waals surface area (Å²) in [5, 5.41) is 8.54. The normalized spacial score (nSPS) is 10.4. The average molecular weight is 359 g/mol. The molecule has 0 aromatic rings. The van der Waals surface area contributed by atoms with Crippen molar-refractivity contribution in [1.82, 2.24) is 0 Å². The fraction of sp³-hybridized carbons (Fsp3) is 0.950. The van der Waals surface area contributed by atoms with E-state index in [2.05, 4.69) is 6.92 Å². The van der Waals surface area contributed by atoms with E-state index < -0.39 is 0 Å². The van der Waals surface area contributed by atoms with Gasteiger partial charge in [-0.2, -0.15) is 0 Å². The largest absolute Gasteiger partial charge is 0.463 e. The van der Waals surface area contributed by atoms with Crippen molar-refractivity contribution in [2.75, 3.05) is 13.2 Å². The minimum absolute atomic E-state index is 0. The topological polar surface area (TPSA) is 46.5 Å². The lowest BCUT2D eigenvalue weighted by molar-refractivity contribution is -0.144. The highest BCUT2D eigenvalue weighted by Gasteiger charge is 2.01. The summed E-state index contributed by atoms with van der Waals surface area (Å²) in [5.74, 6) is -0.172. The third-order valence-corrected chi connectivity index (χ3v) is 4.34. The standard InChI is InChI=1S/C20H40O3.Al.3H/c1-2-3-4-5-6-7-8-9-10-11-12-13-14-15-16-17-20(22)23-19-18-21;;;;/h21H,2-19H2,1H3;;;;. The molecule has 0 atom stereocenters. The molecule has 0 radical (unpaired) electrons. The van der Waals surface area contributed by atoms with E-state index >= 15 is 0 Å². The van der Waals surface area contributed by atoms with E-state index in [4.69, 9.17) is 9.84 Å². The van der Waals surface area contributed by atoms with Crippen molar-refractivity contribution >= 4 is 23.3 Å². The molecule has 0 fully saturated rings. The number of carbonyl (C=O) groups excluding carboxylic acids is 1. The first-order valence-electron chi connectivity index (χ1n) is 10.1. The van der Waals surface area contributed by atoms with Gasteiger partial charge in [0.05, 0.1) is 6.61 Å². The van der Waals surface area contributed by atoms with Crippen LogP contribution in [0, 0.1) is 0 Å². The summed E-state index contributed by atoms with van der Waals surface area (Å²) >= 11 is 0. The summed E-state index contributed by atoms with van der Waals surface area (Å²) < 4.78 is 4.82. The molecule has 0 aliphatic carbocycles. The van der Waals surface area contributed by atoms with Gasteiger partial charge in [0, 0.05) is 6.42 Å². The Morgan fingerprint density at radius 3 is 1.46 bits per heavy atom. The van der Waals surface area contributed by atoms with Crippen LogP contribution in [-0.2, 0) is 9.53 Å². The summed E-state index contributed by atoms with van der Waals surface area (Å²) in [6.45, 7) is 2.33. The Labute approximate surface area is 161 Å². The molecule has 0 bridgehead atoms. The first kappa shape index (κ1) is 26.2. The fourth-order valence-electron chi connectivity index (χ4n) is 2.87. The maximum Gasteiger partial charge on any atom is 0.305 e. The number of carbonyl (C=O) groups is 1. The molecule has 0 aliphatic heterocycles. The van der Waals surface area contributed by atoms with Crippen LogP contribution in [0.4, 0.5) is 0 Å². The summed E-state index contributed by atoms with van der Waals surface area (Å²) in [5.41, 5.74) is 0. The monoisotopic (exact) mass is 358 g/mol. The molecular formula is C20H43AlO3. The van der Waals surface area contributed by atoms with E-state index in [1.54, 1.807) is 0 Å². The Kier molecular flexibility index (Phi) is 25.1. The van der Waals surface area contributed by atoms with Crippen LogP contribution in [0.15, 0.2) is 0 Å². The summed E-state index contributed by atoms with van der Waals surface area (Å²) in [4.78, 5) is 11.2. The number of ether oxygens (including phenoxy) is 1. The number of unbranched alkanes of at least 4 members (excludes halogenated alkanes) is 14. The van der Waals surface area contributed by atoms with Crippen molar-refractivity contribution in [3.05, 3.63) is 0 Å². The molecule has 0 saturated heterocycles. The molecule has 0 aromatic carbocycles. The smallest absolute Gasteiger partial charge is 0.305 e. The Morgan fingerprint density at radius 2 is 1.08 bits per heavy atom. The minimum Gasteiger partial charge on any atom is -0.463 e. The zero-order chi connectivity index (χ0) is 17.0. The lowest BCUT2D eigenvalue weighted by atomic mass is 10.0. The van der Waals surface area contributed by atoms with Gasteiger partial charge in [-0.3, -0.25) is 4.79 Å². The third kappa shape index (κ3) is 22.0. The number of hydrogen-bond acceptors (Lipinski definition) is 3. The molecule has 0 rings (SSSR count). The Morgan fingerprint density at radius 1 is 0.708 bits per heavy atom. The van der Waals surface area contributed by atoms with Crippen LogP contribution in [0.1, 0.15) is 110 Å². The Balaban J connectivity index is 0. The van der Waals surface area contributed by atoms with Crippen molar-refractivity contribution in [3.8, 4) is 0 Å². The second-order valence-electron chi connectivity index (χ2n) is 6.64. The molecule has 0 aliphatic rings. The van der Waals surface area contributed by atoms with Crippen molar-refractivity contribution in [2.24, 2.45) is 0 Å². The van der Waals surface area contributed by atoms with E-state index in [9.17, 15) is 4.79 Å². The molecule has 1 N–H and O–H groups in total. The Bertz CT molecular complexity index is 247. The molecule has 3 nitrogen and oxygen atoms in total. The quantitative estimate of drug-likeness (QED) is 0.221. The van der Waals surface area contributed by atoms with E-state index in [1.807, 2.05) is 0 Å². The van der Waals surface area contributed by atoms with Crippen molar-refractivity contribution in [1.29, 1.82) is 0 Å². The molecule has 0 spiro atoms. The molecule has 0 unspecified atom stereocenters. The minimum atomic E-state index is -0.172. The maximum absolute atomic E-state index is 11.2. The maximum atomic E-state index is 11.2. The predicted octanol–water partition coefficient (Wildman–Crippen LogP) is 4.60. The number of aliphatic hydroxyl groups is 1. The van der Waals surface area contributed by atoms with Gasteiger partial charge in [0.25, 0.3) is 0 Å². The highest BCUT2D eigenvalue weighted by atomic mass is 27.0. The van der Waals surface area contributed by atoms with Crippen molar-refractivity contribution < 1.29 is 14.6 Å². The molecule has 4 heteroatoms. The molecular weight excluding hydrogens is 315 g/mol.